The molecule has 0 bridgehead atoms. The molecule has 0 aromatic rings. The Balaban J connectivity index is 3.29. The van der Waals surface area contributed by atoms with Crippen molar-refractivity contribution in [3.63, 3.8) is 0 Å². The number of dihydropyridines is 1. The predicted molar refractivity (Wildman–Crippen MR) is 53.9 cm³/mol. The van der Waals surface area contributed by atoms with Crippen LogP contribution in [0.5, 0.6) is 0 Å². The fourth-order valence-corrected chi connectivity index (χ4v) is 1.98. The minimum absolute atomic E-state index is 0.0231. The number of hydrogen-bond donors (Lipinski definition) is 2. The minimum Gasteiger partial charge on any atom is -0.377 e. The highest BCUT2D eigenvalue weighted by atomic mass is 32.2. The zero-order valence-electron chi connectivity index (χ0n) is 8.30. The lowest BCUT2D eigenvalue weighted by molar-refractivity contribution is 0.462. The van der Waals surface area contributed by atoms with Crippen molar-refractivity contribution < 1.29 is 13.0 Å². The molecule has 1 aliphatic heterocycles. The number of likely N-dealkylation sites (N-methyl/N-ethyl adjacent to an activating group) is 1. The molecule has 7 heteroatoms. The Hall–Kier alpha value is -1.52. The number of hydrogen-bond acceptors (Lipinski definition) is 5. The molecule has 0 aromatic carbocycles. The van der Waals surface area contributed by atoms with Gasteiger partial charge in [0.1, 0.15) is 6.07 Å². The predicted octanol–water partition coefficient (Wildman–Crippen LogP) is -0.344. The molecule has 0 aromatic heterocycles. The van der Waals surface area contributed by atoms with Gasteiger partial charge in [-0.1, -0.05) is 0 Å². The standard InChI is InChI=1S/C8H11N3O3S/c1-11(2)7-3-4-10-8(6(7)5-9)15(12,13)14/h3-4,8,10H,1-2H3,(H,12,13,14). The maximum Gasteiger partial charge on any atom is 0.291 e. The highest BCUT2D eigenvalue weighted by Crippen LogP contribution is 2.19. The normalized spacial score (nSPS) is 20.8. The van der Waals surface area contributed by atoms with E-state index in [1.165, 1.54) is 6.20 Å². The summed E-state index contributed by atoms with van der Waals surface area (Å²) in [7, 11) is -0.955. The summed E-state index contributed by atoms with van der Waals surface area (Å²) in [6.07, 6.45) is 2.95. The summed E-state index contributed by atoms with van der Waals surface area (Å²) in [5, 5.41) is 9.90. The van der Waals surface area contributed by atoms with Crippen LogP contribution in [-0.4, -0.2) is 37.3 Å². The molecule has 1 unspecified atom stereocenters. The molecule has 1 heterocycles. The van der Waals surface area contributed by atoms with Crippen LogP contribution in [0, 0.1) is 11.3 Å². The molecule has 0 aliphatic carbocycles. The lowest BCUT2D eigenvalue weighted by atomic mass is 10.1. The Morgan fingerprint density at radius 1 is 1.60 bits per heavy atom. The van der Waals surface area contributed by atoms with Gasteiger partial charge in [0.2, 0.25) is 0 Å². The second-order valence-corrected chi connectivity index (χ2v) is 4.70. The molecule has 0 radical (unpaired) electrons. The van der Waals surface area contributed by atoms with Gasteiger partial charge in [0.05, 0.1) is 11.3 Å². The van der Waals surface area contributed by atoms with Crippen molar-refractivity contribution >= 4 is 10.1 Å². The molecular formula is C8H11N3O3S. The Morgan fingerprint density at radius 2 is 2.20 bits per heavy atom. The Labute approximate surface area is 88.2 Å². The third kappa shape index (κ3) is 2.29. The first-order valence-electron chi connectivity index (χ1n) is 4.08. The first-order valence-corrected chi connectivity index (χ1v) is 5.58. The SMILES string of the molecule is CN(C)C1=C(C#N)C(S(=O)(=O)O)NC=C1. The van der Waals surface area contributed by atoms with Crippen LogP contribution in [0.2, 0.25) is 0 Å². The molecule has 2 N–H and O–H groups in total. The molecule has 6 nitrogen and oxygen atoms in total. The Morgan fingerprint density at radius 3 is 2.60 bits per heavy atom. The largest absolute Gasteiger partial charge is 0.377 e. The van der Waals surface area contributed by atoms with Crippen molar-refractivity contribution in [3.05, 3.63) is 23.5 Å². The molecule has 0 spiro atoms. The Bertz CT molecular complexity index is 456. The summed E-state index contributed by atoms with van der Waals surface area (Å²) in [6, 6.07) is 1.78. The van der Waals surface area contributed by atoms with Crippen LogP contribution >= 0.6 is 0 Å². The van der Waals surface area contributed by atoms with Gasteiger partial charge >= 0.3 is 0 Å². The lowest BCUT2D eigenvalue weighted by Gasteiger charge is -2.24. The van der Waals surface area contributed by atoms with Crippen LogP contribution in [-0.2, 0) is 10.1 Å². The van der Waals surface area contributed by atoms with Crippen molar-refractivity contribution in [3.8, 4) is 6.07 Å². The van der Waals surface area contributed by atoms with E-state index >= 15 is 0 Å². The minimum atomic E-state index is -4.32. The van der Waals surface area contributed by atoms with E-state index in [4.69, 9.17) is 9.81 Å². The van der Waals surface area contributed by atoms with Crippen LogP contribution in [0.3, 0.4) is 0 Å². The van der Waals surface area contributed by atoms with Gasteiger partial charge < -0.3 is 10.2 Å². The van der Waals surface area contributed by atoms with E-state index in [9.17, 15) is 8.42 Å². The van der Waals surface area contributed by atoms with E-state index < -0.39 is 15.5 Å². The van der Waals surface area contributed by atoms with Crippen molar-refractivity contribution in [2.24, 2.45) is 0 Å². The summed E-state index contributed by atoms with van der Waals surface area (Å²) in [6.45, 7) is 0. The van der Waals surface area contributed by atoms with Crippen molar-refractivity contribution in [1.29, 1.82) is 5.26 Å². The van der Waals surface area contributed by atoms with Crippen molar-refractivity contribution in [2.75, 3.05) is 14.1 Å². The topological polar surface area (TPSA) is 93.4 Å². The van der Waals surface area contributed by atoms with E-state index in [0.717, 1.165) is 0 Å². The summed E-state index contributed by atoms with van der Waals surface area (Å²) in [4.78, 5) is 1.61. The number of allylic oxidation sites excluding steroid dienone is 1. The molecule has 1 rings (SSSR count). The van der Waals surface area contributed by atoms with Crippen molar-refractivity contribution in [2.45, 2.75) is 5.37 Å². The highest BCUT2D eigenvalue weighted by Gasteiger charge is 2.31. The maximum absolute atomic E-state index is 11.0. The van der Waals surface area contributed by atoms with Gasteiger partial charge in [-0.15, -0.1) is 0 Å². The fourth-order valence-electron chi connectivity index (χ4n) is 1.26. The van der Waals surface area contributed by atoms with E-state index in [2.05, 4.69) is 5.32 Å². The van der Waals surface area contributed by atoms with Gasteiger partial charge in [0.15, 0.2) is 5.37 Å². The van der Waals surface area contributed by atoms with Crippen LogP contribution in [0.15, 0.2) is 23.5 Å². The average molecular weight is 229 g/mol. The summed E-state index contributed by atoms with van der Waals surface area (Å²) < 4.78 is 30.9. The van der Waals surface area contributed by atoms with Crippen LogP contribution < -0.4 is 5.32 Å². The third-order valence-corrected chi connectivity index (χ3v) is 2.89. The number of rotatable bonds is 2. The average Bonchev–Trinajstić information content (AvgIpc) is 2.15. The zero-order chi connectivity index (χ0) is 11.6. The zero-order valence-corrected chi connectivity index (χ0v) is 9.11. The molecule has 1 atom stereocenters. The molecule has 15 heavy (non-hydrogen) atoms. The third-order valence-electron chi connectivity index (χ3n) is 1.93. The number of nitrogens with one attached hydrogen (secondary N) is 1. The highest BCUT2D eigenvalue weighted by molar-refractivity contribution is 7.86. The van der Waals surface area contributed by atoms with Crippen LogP contribution in [0.25, 0.3) is 0 Å². The second-order valence-electron chi connectivity index (χ2n) is 3.20. The summed E-state index contributed by atoms with van der Waals surface area (Å²) in [5.41, 5.74) is 0.434. The quantitative estimate of drug-likeness (QED) is 0.629. The molecule has 0 saturated carbocycles. The maximum atomic E-state index is 11.0. The van der Waals surface area contributed by atoms with E-state index in [0.29, 0.717) is 5.70 Å². The molecule has 0 saturated heterocycles. The van der Waals surface area contributed by atoms with Crippen LogP contribution in [0.4, 0.5) is 0 Å². The summed E-state index contributed by atoms with van der Waals surface area (Å²) in [5.74, 6) is 0. The smallest absolute Gasteiger partial charge is 0.291 e. The van der Waals surface area contributed by atoms with Gasteiger partial charge in [-0.05, 0) is 12.3 Å². The van der Waals surface area contributed by atoms with Gasteiger partial charge in [-0.3, -0.25) is 4.55 Å². The van der Waals surface area contributed by atoms with Crippen LogP contribution in [0.1, 0.15) is 0 Å². The van der Waals surface area contributed by atoms with Gasteiger partial charge in [-0.25, -0.2) is 0 Å². The van der Waals surface area contributed by atoms with Gasteiger partial charge in [-0.2, -0.15) is 13.7 Å². The van der Waals surface area contributed by atoms with Gasteiger partial charge in [0.25, 0.3) is 10.1 Å². The first-order chi connectivity index (χ1) is 6.88. The summed E-state index contributed by atoms with van der Waals surface area (Å²) >= 11 is 0. The first kappa shape index (κ1) is 11.6. The van der Waals surface area contributed by atoms with E-state index in [-0.39, 0.29) is 5.57 Å². The van der Waals surface area contributed by atoms with Crippen molar-refractivity contribution in [1.82, 2.24) is 10.2 Å². The van der Waals surface area contributed by atoms with E-state index in [1.54, 1.807) is 31.1 Å². The molecule has 1 aliphatic rings. The monoisotopic (exact) mass is 229 g/mol. The molecule has 82 valence electrons. The fraction of sp³-hybridized carbons (Fsp3) is 0.375. The number of nitrogens with zero attached hydrogens (tertiary/aromatic N) is 2. The number of nitriles is 1. The lowest BCUT2D eigenvalue weighted by Crippen LogP contribution is -2.38. The molecular weight excluding hydrogens is 218 g/mol. The van der Waals surface area contributed by atoms with Gasteiger partial charge in [0, 0.05) is 14.1 Å². The molecule has 0 amide bonds. The van der Waals surface area contributed by atoms with E-state index in [1.807, 2.05) is 0 Å². The molecule has 0 fully saturated rings. The second kappa shape index (κ2) is 3.92. The Kier molecular flexibility index (Phi) is 3.02.